The molecule has 0 radical (unpaired) electrons. The van der Waals surface area contributed by atoms with Gasteiger partial charge in [-0.15, -0.1) is 22.7 Å². The third-order valence-electron chi connectivity index (χ3n) is 4.64. The van der Waals surface area contributed by atoms with Crippen molar-refractivity contribution in [2.24, 2.45) is 0 Å². The molecule has 0 unspecified atom stereocenters. The summed E-state index contributed by atoms with van der Waals surface area (Å²) in [5.74, 6) is 0.484. The van der Waals surface area contributed by atoms with Gasteiger partial charge in [-0.25, -0.2) is 9.78 Å². The van der Waals surface area contributed by atoms with E-state index < -0.39 is 5.97 Å². The van der Waals surface area contributed by atoms with Crippen molar-refractivity contribution in [3.63, 3.8) is 0 Å². The van der Waals surface area contributed by atoms with Gasteiger partial charge in [0.25, 0.3) is 5.91 Å². The molecule has 2 aromatic heterocycles. The Hall–Kier alpha value is -3.69. The number of benzene rings is 2. The Morgan fingerprint density at radius 2 is 1.85 bits per heavy atom. The average Bonchev–Trinajstić information content (AvgIpc) is 3.54. The van der Waals surface area contributed by atoms with Crippen molar-refractivity contribution in [3.05, 3.63) is 81.5 Å². The molecule has 0 fully saturated rings. The number of hydrogen-bond donors (Lipinski definition) is 1. The normalized spacial score (nSPS) is 10.5. The zero-order chi connectivity index (χ0) is 23.2. The molecule has 168 valence electrons. The van der Waals surface area contributed by atoms with Crippen molar-refractivity contribution in [1.82, 2.24) is 4.98 Å². The van der Waals surface area contributed by atoms with Crippen molar-refractivity contribution in [1.29, 1.82) is 0 Å². The quantitative estimate of drug-likeness (QED) is 0.335. The summed E-state index contributed by atoms with van der Waals surface area (Å²) in [6.07, 6.45) is 0. The zero-order valence-corrected chi connectivity index (χ0v) is 19.5. The number of carbonyl (C=O) groups excluding carboxylic acids is 2. The van der Waals surface area contributed by atoms with E-state index in [9.17, 15) is 9.59 Å². The smallest absolute Gasteiger partial charge is 0.338 e. The van der Waals surface area contributed by atoms with Crippen LogP contribution in [0.2, 0.25) is 0 Å². The van der Waals surface area contributed by atoms with E-state index in [-0.39, 0.29) is 12.5 Å². The molecule has 4 rings (SSSR count). The average molecular weight is 481 g/mol. The van der Waals surface area contributed by atoms with Crippen LogP contribution in [-0.4, -0.2) is 31.1 Å². The predicted molar refractivity (Wildman–Crippen MR) is 128 cm³/mol. The molecule has 0 saturated carbocycles. The van der Waals surface area contributed by atoms with Crippen LogP contribution in [0.4, 0.5) is 5.69 Å². The third kappa shape index (κ3) is 5.21. The summed E-state index contributed by atoms with van der Waals surface area (Å²) in [5.41, 5.74) is 2.27. The molecule has 0 spiro atoms. The molecule has 0 aliphatic rings. The molecule has 0 aliphatic heterocycles. The lowest BCUT2D eigenvalue weighted by atomic mass is 10.2. The Kier molecular flexibility index (Phi) is 7.01. The highest BCUT2D eigenvalue weighted by Gasteiger charge is 2.16. The minimum Gasteiger partial charge on any atom is -0.493 e. The Morgan fingerprint density at radius 1 is 1.00 bits per heavy atom. The number of rotatable bonds is 8. The van der Waals surface area contributed by atoms with Crippen LogP contribution in [0.15, 0.2) is 65.4 Å². The summed E-state index contributed by atoms with van der Waals surface area (Å²) in [4.78, 5) is 29.9. The number of amides is 1. The topological polar surface area (TPSA) is 86.8 Å². The maximum Gasteiger partial charge on any atom is 0.338 e. The molecule has 1 amide bonds. The number of carbonyl (C=O) groups is 2. The van der Waals surface area contributed by atoms with Crippen molar-refractivity contribution in [3.8, 4) is 22.1 Å². The van der Waals surface area contributed by atoms with Gasteiger partial charge in [-0.1, -0.05) is 18.2 Å². The number of para-hydroxylation sites is 1. The van der Waals surface area contributed by atoms with E-state index in [4.69, 9.17) is 14.2 Å². The molecule has 0 saturated heterocycles. The third-order valence-corrected chi connectivity index (χ3v) is 6.43. The first kappa shape index (κ1) is 22.5. The van der Waals surface area contributed by atoms with E-state index >= 15 is 0 Å². The largest absolute Gasteiger partial charge is 0.493 e. The van der Waals surface area contributed by atoms with Gasteiger partial charge in [-0.3, -0.25) is 4.79 Å². The van der Waals surface area contributed by atoms with Crippen LogP contribution >= 0.6 is 22.7 Å². The number of thiazole rings is 1. The summed E-state index contributed by atoms with van der Waals surface area (Å²) >= 11 is 2.77. The van der Waals surface area contributed by atoms with Gasteiger partial charge < -0.3 is 19.5 Å². The predicted octanol–water partition coefficient (Wildman–Crippen LogP) is 5.50. The molecule has 0 bridgehead atoms. The Bertz CT molecular complexity index is 1270. The van der Waals surface area contributed by atoms with Crippen molar-refractivity contribution in [2.45, 2.75) is 6.61 Å². The van der Waals surface area contributed by atoms with E-state index in [2.05, 4.69) is 10.3 Å². The molecule has 2 aromatic carbocycles. The standard InChI is InChI=1S/C24H20N2O5S2/c1-29-19-9-4-8-18(21(19)30-2)23-26-17(14-33-23)13-31-24(28)15-6-3-7-16(12-15)25-22(27)20-10-5-11-32-20/h3-12,14H,13H2,1-2H3,(H,25,27). The van der Waals surface area contributed by atoms with E-state index in [0.717, 1.165) is 10.6 Å². The minimum atomic E-state index is -0.504. The molecule has 2 heterocycles. The molecular weight excluding hydrogens is 460 g/mol. The van der Waals surface area contributed by atoms with E-state index in [0.29, 0.717) is 33.3 Å². The lowest BCUT2D eigenvalue weighted by Gasteiger charge is -2.10. The fourth-order valence-electron chi connectivity index (χ4n) is 3.10. The molecule has 7 nitrogen and oxygen atoms in total. The second kappa shape index (κ2) is 10.3. The van der Waals surface area contributed by atoms with Crippen LogP contribution in [0.1, 0.15) is 25.7 Å². The van der Waals surface area contributed by atoms with Gasteiger partial charge in [0, 0.05) is 11.1 Å². The highest BCUT2D eigenvalue weighted by molar-refractivity contribution is 7.13. The molecule has 9 heteroatoms. The summed E-state index contributed by atoms with van der Waals surface area (Å²) in [5, 5.41) is 7.18. The maximum absolute atomic E-state index is 12.6. The monoisotopic (exact) mass is 480 g/mol. The highest BCUT2D eigenvalue weighted by Crippen LogP contribution is 2.39. The lowest BCUT2D eigenvalue weighted by Crippen LogP contribution is -2.11. The Balaban J connectivity index is 1.41. The van der Waals surface area contributed by atoms with Crippen molar-refractivity contribution < 1.29 is 23.8 Å². The van der Waals surface area contributed by atoms with Gasteiger partial charge in [0.2, 0.25) is 0 Å². The molecule has 33 heavy (non-hydrogen) atoms. The van der Waals surface area contributed by atoms with Gasteiger partial charge in [0.15, 0.2) is 11.5 Å². The van der Waals surface area contributed by atoms with Crippen molar-refractivity contribution in [2.75, 3.05) is 19.5 Å². The van der Waals surface area contributed by atoms with Crippen LogP contribution in [0, 0.1) is 0 Å². The van der Waals surface area contributed by atoms with Crippen LogP contribution in [0.25, 0.3) is 10.6 Å². The van der Waals surface area contributed by atoms with Gasteiger partial charge in [0.1, 0.15) is 11.6 Å². The van der Waals surface area contributed by atoms with Crippen LogP contribution in [0.3, 0.4) is 0 Å². The summed E-state index contributed by atoms with van der Waals surface area (Å²) < 4.78 is 16.3. The first-order chi connectivity index (χ1) is 16.1. The SMILES string of the molecule is COc1cccc(-c2nc(COC(=O)c3cccc(NC(=O)c4cccs4)c3)cs2)c1OC. The van der Waals surface area contributed by atoms with Crippen LogP contribution < -0.4 is 14.8 Å². The molecular formula is C24H20N2O5S2. The fraction of sp³-hybridized carbons (Fsp3) is 0.125. The van der Waals surface area contributed by atoms with Gasteiger partial charge in [-0.05, 0) is 41.8 Å². The highest BCUT2D eigenvalue weighted by atomic mass is 32.1. The Labute approximate surface area is 198 Å². The number of nitrogens with zero attached hydrogens (tertiary/aromatic N) is 1. The van der Waals surface area contributed by atoms with Crippen LogP contribution in [0.5, 0.6) is 11.5 Å². The number of esters is 1. The second-order valence-electron chi connectivity index (χ2n) is 6.77. The number of anilines is 1. The summed E-state index contributed by atoms with van der Waals surface area (Å²) in [6, 6.07) is 15.7. The van der Waals surface area contributed by atoms with Gasteiger partial charge in [0.05, 0.1) is 35.9 Å². The number of methoxy groups -OCH3 is 2. The molecule has 0 atom stereocenters. The van der Waals surface area contributed by atoms with E-state index in [1.165, 1.54) is 22.7 Å². The van der Waals surface area contributed by atoms with Crippen molar-refractivity contribution >= 4 is 40.2 Å². The van der Waals surface area contributed by atoms with E-state index in [1.807, 2.05) is 35.0 Å². The number of nitrogens with one attached hydrogen (secondary N) is 1. The summed E-state index contributed by atoms with van der Waals surface area (Å²) in [7, 11) is 3.16. The Morgan fingerprint density at radius 3 is 2.61 bits per heavy atom. The fourth-order valence-corrected chi connectivity index (χ4v) is 4.54. The van der Waals surface area contributed by atoms with Crippen LogP contribution in [-0.2, 0) is 11.3 Å². The number of ether oxygens (including phenoxy) is 3. The lowest BCUT2D eigenvalue weighted by molar-refractivity contribution is 0.0468. The molecule has 4 aromatic rings. The number of thiophene rings is 1. The van der Waals surface area contributed by atoms with E-state index in [1.54, 1.807) is 44.6 Å². The first-order valence-electron chi connectivity index (χ1n) is 9.87. The minimum absolute atomic E-state index is 0.0212. The first-order valence-corrected chi connectivity index (χ1v) is 11.6. The number of hydrogen-bond acceptors (Lipinski definition) is 8. The zero-order valence-electron chi connectivity index (χ0n) is 17.9. The summed E-state index contributed by atoms with van der Waals surface area (Å²) in [6.45, 7) is 0.0212. The number of aromatic nitrogens is 1. The molecule has 1 N–H and O–H groups in total. The molecule has 0 aliphatic carbocycles. The second-order valence-corrected chi connectivity index (χ2v) is 8.58. The van der Waals surface area contributed by atoms with Gasteiger partial charge in [-0.2, -0.15) is 0 Å². The van der Waals surface area contributed by atoms with Gasteiger partial charge >= 0.3 is 5.97 Å². The maximum atomic E-state index is 12.6.